The smallest absolute Gasteiger partial charge is 0.162 e. The summed E-state index contributed by atoms with van der Waals surface area (Å²) >= 11 is 0. The molecule has 0 bridgehead atoms. The lowest BCUT2D eigenvalue weighted by Gasteiger charge is -2.37. The first-order valence-corrected chi connectivity index (χ1v) is 10.8. The fraction of sp³-hybridized carbons (Fsp3) is 0.231. The summed E-state index contributed by atoms with van der Waals surface area (Å²) in [7, 11) is 3.40. The fourth-order valence-electron chi connectivity index (χ4n) is 4.22. The highest BCUT2D eigenvalue weighted by atomic mass is 16.5. The Morgan fingerprint density at radius 2 is 1.38 bits per heavy atom. The topological polar surface area (TPSA) is 50.7 Å². The van der Waals surface area contributed by atoms with Crippen molar-refractivity contribution in [3.63, 3.8) is 0 Å². The third kappa shape index (κ3) is 3.80. The first-order chi connectivity index (χ1) is 15.8. The van der Waals surface area contributed by atoms with Gasteiger partial charge in [-0.15, -0.1) is 0 Å². The lowest BCUT2D eigenvalue weighted by molar-refractivity contribution is 0.413. The van der Waals surface area contributed by atoms with Crippen molar-refractivity contribution in [1.29, 1.82) is 0 Å². The zero-order valence-electron chi connectivity index (χ0n) is 18.4. The number of para-hydroxylation sites is 3. The Labute approximate surface area is 188 Å². The van der Waals surface area contributed by atoms with Crippen molar-refractivity contribution in [2.24, 2.45) is 0 Å². The van der Waals surface area contributed by atoms with Crippen LogP contribution in [0.15, 0.2) is 72.8 Å². The number of anilines is 2. The highest BCUT2D eigenvalue weighted by molar-refractivity contribution is 5.91. The van der Waals surface area contributed by atoms with Crippen LogP contribution < -0.4 is 19.3 Å². The molecule has 1 fully saturated rings. The number of aromatic nitrogens is 2. The molecule has 1 aliphatic heterocycles. The number of piperazine rings is 1. The Balaban J connectivity index is 1.46. The van der Waals surface area contributed by atoms with Crippen LogP contribution in [0.1, 0.15) is 0 Å². The monoisotopic (exact) mass is 426 g/mol. The second-order valence-corrected chi connectivity index (χ2v) is 7.76. The molecular weight excluding hydrogens is 400 g/mol. The maximum atomic E-state index is 5.56. The van der Waals surface area contributed by atoms with E-state index in [4.69, 9.17) is 19.4 Å². The molecule has 6 heteroatoms. The first kappa shape index (κ1) is 20.1. The van der Waals surface area contributed by atoms with Gasteiger partial charge in [-0.25, -0.2) is 9.97 Å². The van der Waals surface area contributed by atoms with Gasteiger partial charge in [0.05, 0.1) is 25.4 Å². The summed E-state index contributed by atoms with van der Waals surface area (Å²) in [6, 6.07) is 24.3. The molecule has 162 valence electrons. The van der Waals surface area contributed by atoms with Crippen LogP contribution in [0.2, 0.25) is 0 Å². The number of ether oxygens (including phenoxy) is 2. The van der Waals surface area contributed by atoms with Gasteiger partial charge in [-0.3, -0.25) is 0 Å². The SMILES string of the molecule is COc1ccc(-c2nc(N3CCN(c4ccccc4OC)CC3)c3ccccc3n2)cc1. The molecule has 1 saturated heterocycles. The average molecular weight is 427 g/mol. The van der Waals surface area contributed by atoms with Gasteiger partial charge in [-0.1, -0.05) is 24.3 Å². The lowest BCUT2D eigenvalue weighted by Crippen LogP contribution is -2.47. The van der Waals surface area contributed by atoms with Gasteiger partial charge in [-0.2, -0.15) is 0 Å². The molecule has 0 N–H and O–H groups in total. The summed E-state index contributed by atoms with van der Waals surface area (Å²) in [5, 5.41) is 1.08. The summed E-state index contributed by atoms with van der Waals surface area (Å²) < 4.78 is 10.9. The molecule has 0 saturated carbocycles. The van der Waals surface area contributed by atoms with E-state index < -0.39 is 0 Å². The van der Waals surface area contributed by atoms with Gasteiger partial charge in [0.25, 0.3) is 0 Å². The molecule has 0 spiro atoms. The Morgan fingerprint density at radius 3 is 2.12 bits per heavy atom. The number of fused-ring (bicyclic) bond motifs is 1. The van der Waals surface area contributed by atoms with Crippen LogP contribution in [-0.2, 0) is 0 Å². The first-order valence-electron chi connectivity index (χ1n) is 10.8. The fourth-order valence-corrected chi connectivity index (χ4v) is 4.22. The molecule has 0 amide bonds. The van der Waals surface area contributed by atoms with Crippen molar-refractivity contribution in [2.45, 2.75) is 0 Å². The van der Waals surface area contributed by atoms with E-state index in [2.05, 4.69) is 34.1 Å². The van der Waals surface area contributed by atoms with Gasteiger partial charge in [0.1, 0.15) is 17.3 Å². The van der Waals surface area contributed by atoms with Crippen LogP contribution in [0.5, 0.6) is 11.5 Å². The summed E-state index contributed by atoms with van der Waals surface area (Å²) in [6.45, 7) is 3.55. The lowest BCUT2D eigenvalue weighted by atomic mass is 10.1. The molecule has 1 aliphatic rings. The van der Waals surface area contributed by atoms with E-state index in [1.54, 1.807) is 14.2 Å². The van der Waals surface area contributed by atoms with Crippen LogP contribution in [0.3, 0.4) is 0 Å². The zero-order valence-corrected chi connectivity index (χ0v) is 18.4. The average Bonchev–Trinajstić information content (AvgIpc) is 2.88. The van der Waals surface area contributed by atoms with E-state index in [1.165, 1.54) is 0 Å². The molecule has 0 unspecified atom stereocenters. The third-order valence-corrected chi connectivity index (χ3v) is 5.94. The normalized spacial score (nSPS) is 13.9. The Kier molecular flexibility index (Phi) is 5.50. The van der Waals surface area contributed by atoms with Gasteiger partial charge >= 0.3 is 0 Å². The predicted octanol–water partition coefficient (Wildman–Crippen LogP) is 4.64. The standard InChI is InChI=1S/C26H26N4O2/c1-31-20-13-11-19(12-14-20)25-27-22-8-4-3-7-21(22)26(28-25)30-17-15-29(16-18-30)23-9-5-6-10-24(23)32-2/h3-14H,15-18H2,1-2H3. The van der Waals surface area contributed by atoms with Gasteiger partial charge in [0.15, 0.2) is 5.82 Å². The maximum absolute atomic E-state index is 5.56. The minimum atomic E-state index is 0.730. The maximum Gasteiger partial charge on any atom is 0.162 e. The number of rotatable bonds is 5. The number of methoxy groups -OCH3 is 2. The number of hydrogen-bond acceptors (Lipinski definition) is 6. The quantitative estimate of drug-likeness (QED) is 0.463. The zero-order chi connectivity index (χ0) is 21.9. The molecule has 0 aliphatic carbocycles. The van der Waals surface area contributed by atoms with E-state index in [0.29, 0.717) is 0 Å². The molecule has 0 radical (unpaired) electrons. The van der Waals surface area contributed by atoms with Crippen LogP contribution in [0.4, 0.5) is 11.5 Å². The van der Waals surface area contributed by atoms with Crippen molar-refractivity contribution < 1.29 is 9.47 Å². The Hall–Kier alpha value is -3.80. The minimum Gasteiger partial charge on any atom is -0.497 e. The number of nitrogens with zero attached hydrogens (tertiary/aromatic N) is 4. The number of hydrogen-bond donors (Lipinski definition) is 0. The molecule has 6 nitrogen and oxygen atoms in total. The second-order valence-electron chi connectivity index (χ2n) is 7.76. The Bertz CT molecular complexity index is 1220. The summed E-state index contributed by atoms with van der Waals surface area (Å²) in [6.07, 6.45) is 0. The van der Waals surface area contributed by atoms with Crippen molar-refractivity contribution >= 4 is 22.4 Å². The van der Waals surface area contributed by atoms with Crippen LogP contribution >= 0.6 is 0 Å². The second kappa shape index (κ2) is 8.75. The van der Waals surface area contributed by atoms with E-state index in [1.807, 2.05) is 48.5 Å². The van der Waals surface area contributed by atoms with E-state index in [9.17, 15) is 0 Å². The minimum absolute atomic E-state index is 0.730. The highest BCUT2D eigenvalue weighted by Gasteiger charge is 2.23. The number of benzene rings is 3. The van der Waals surface area contributed by atoms with Crippen molar-refractivity contribution in [3.05, 3.63) is 72.8 Å². The third-order valence-electron chi connectivity index (χ3n) is 5.94. The molecule has 4 aromatic rings. The van der Waals surface area contributed by atoms with E-state index in [-0.39, 0.29) is 0 Å². The van der Waals surface area contributed by atoms with Crippen molar-refractivity contribution in [3.8, 4) is 22.9 Å². The van der Waals surface area contributed by atoms with Crippen molar-refractivity contribution in [1.82, 2.24) is 9.97 Å². The van der Waals surface area contributed by atoms with Crippen LogP contribution in [0.25, 0.3) is 22.3 Å². The molecular formula is C26H26N4O2. The van der Waals surface area contributed by atoms with Crippen LogP contribution in [-0.4, -0.2) is 50.4 Å². The summed E-state index contributed by atoms with van der Waals surface area (Å²) in [4.78, 5) is 14.6. The highest BCUT2D eigenvalue weighted by Crippen LogP contribution is 2.32. The molecule has 2 heterocycles. The Morgan fingerprint density at radius 1 is 0.688 bits per heavy atom. The predicted molar refractivity (Wildman–Crippen MR) is 129 cm³/mol. The molecule has 32 heavy (non-hydrogen) atoms. The van der Waals surface area contributed by atoms with Gasteiger partial charge in [-0.05, 0) is 48.5 Å². The van der Waals surface area contributed by atoms with Gasteiger partial charge in [0, 0.05) is 37.1 Å². The molecule has 3 aromatic carbocycles. The van der Waals surface area contributed by atoms with E-state index >= 15 is 0 Å². The van der Waals surface area contributed by atoms with Gasteiger partial charge in [0.2, 0.25) is 0 Å². The summed E-state index contributed by atoms with van der Waals surface area (Å²) in [5.74, 6) is 3.45. The van der Waals surface area contributed by atoms with Gasteiger partial charge < -0.3 is 19.3 Å². The van der Waals surface area contributed by atoms with Crippen molar-refractivity contribution in [2.75, 3.05) is 50.2 Å². The molecule has 1 aromatic heterocycles. The van der Waals surface area contributed by atoms with Crippen LogP contribution in [0, 0.1) is 0 Å². The molecule has 0 atom stereocenters. The molecule has 5 rings (SSSR count). The van der Waals surface area contributed by atoms with E-state index in [0.717, 1.165) is 71.5 Å². The largest absolute Gasteiger partial charge is 0.497 e. The summed E-state index contributed by atoms with van der Waals surface area (Å²) in [5.41, 5.74) is 3.07.